The van der Waals surface area contributed by atoms with Gasteiger partial charge >= 0.3 is 5.97 Å². The van der Waals surface area contributed by atoms with Crippen LogP contribution in [0, 0.1) is 5.82 Å². The Hall–Kier alpha value is -3.00. The average Bonchev–Trinajstić information content (AvgIpc) is 2.54. The van der Waals surface area contributed by atoms with E-state index >= 15 is 0 Å². The van der Waals surface area contributed by atoms with E-state index in [0.29, 0.717) is 5.56 Å². The molecule has 0 radical (unpaired) electrons. The van der Waals surface area contributed by atoms with Crippen LogP contribution >= 0.6 is 0 Å². The van der Waals surface area contributed by atoms with Crippen LogP contribution in [-0.2, 0) is 20.9 Å². The number of aliphatic carboxylic acids is 1. The summed E-state index contributed by atoms with van der Waals surface area (Å²) in [6, 6.07) is 8.97. The highest BCUT2D eigenvalue weighted by Crippen LogP contribution is 2.23. The maximum Gasteiger partial charge on any atom is 0.329 e. The lowest BCUT2D eigenvalue weighted by molar-refractivity contribution is -0.143. The second-order valence-electron chi connectivity index (χ2n) is 4.69. The Labute approximate surface area is 137 Å². The Kier molecular flexibility index (Phi) is 6.21. The molecule has 0 bridgehead atoms. The summed E-state index contributed by atoms with van der Waals surface area (Å²) < 4.78 is 23.4. The minimum Gasteiger partial charge on any atom is -0.480 e. The standard InChI is InChI=1S/C16H15FN2O5/c17-12-4-1-5-13(7-12)24-16-11(3-2-6-18-16)8-19-14(20)9-23-10-15(21)22/h1-7H,8-10H2,(H,19,20)(H,21,22). The lowest BCUT2D eigenvalue weighted by Crippen LogP contribution is -2.28. The minimum atomic E-state index is -1.15. The van der Waals surface area contributed by atoms with E-state index in [1.807, 2.05) is 0 Å². The first-order valence-corrected chi connectivity index (χ1v) is 6.98. The Morgan fingerprint density at radius 2 is 2.04 bits per heavy atom. The molecule has 1 amide bonds. The molecule has 0 unspecified atom stereocenters. The van der Waals surface area contributed by atoms with Crippen LogP contribution in [0.4, 0.5) is 4.39 Å². The summed E-state index contributed by atoms with van der Waals surface area (Å²) in [6.45, 7) is -0.811. The third-order valence-corrected chi connectivity index (χ3v) is 2.80. The molecule has 1 heterocycles. The van der Waals surface area contributed by atoms with Gasteiger partial charge in [0, 0.05) is 24.4 Å². The van der Waals surface area contributed by atoms with Gasteiger partial charge in [0.1, 0.15) is 24.8 Å². The van der Waals surface area contributed by atoms with E-state index in [1.54, 1.807) is 18.2 Å². The zero-order chi connectivity index (χ0) is 17.4. The summed E-state index contributed by atoms with van der Waals surface area (Å²) >= 11 is 0. The molecule has 0 spiro atoms. The number of carbonyl (C=O) groups is 2. The van der Waals surface area contributed by atoms with Gasteiger partial charge in [-0.1, -0.05) is 12.1 Å². The summed E-state index contributed by atoms with van der Waals surface area (Å²) in [5.41, 5.74) is 0.577. The lowest BCUT2D eigenvalue weighted by Gasteiger charge is -2.11. The van der Waals surface area contributed by atoms with Gasteiger partial charge in [0.2, 0.25) is 11.8 Å². The second kappa shape index (κ2) is 8.59. The SMILES string of the molecule is O=C(O)COCC(=O)NCc1cccnc1Oc1cccc(F)c1. The summed E-state index contributed by atoms with van der Waals surface area (Å²) in [4.78, 5) is 25.9. The smallest absolute Gasteiger partial charge is 0.329 e. The Morgan fingerprint density at radius 3 is 2.79 bits per heavy atom. The zero-order valence-electron chi connectivity index (χ0n) is 12.6. The molecule has 1 aromatic carbocycles. The molecule has 7 nitrogen and oxygen atoms in total. The van der Waals surface area contributed by atoms with Crippen LogP contribution < -0.4 is 10.1 Å². The van der Waals surface area contributed by atoms with E-state index in [-0.39, 0.29) is 24.8 Å². The number of nitrogens with one attached hydrogen (secondary N) is 1. The molecule has 2 rings (SSSR count). The number of ether oxygens (including phenoxy) is 2. The lowest BCUT2D eigenvalue weighted by atomic mass is 10.2. The van der Waals surface area contributed by atoms with Crippen molar-refractivity contribution in [3.05, 3.63) is 54.0 Å². The fourth-order valence-corrected chi connectivity index (χ4v) is 1.77. The quantitative estimate of drug-likeness (QED) is 0.763. The van der Waals surface area contributed by atoms with Crippen LogP contribution in [0.5, 0.6) is 11.6 Å². The van der Waals surface area contributed by atoms with Crippen LogP contribution in [0.15, 0.2) is 42.6 Å². The number of amides is 1. The second-order valence-corrected chi connectivity index (χ2v) is 4.69. The van der Waals surface area contributed by atoms with E-state index < -0.39 is 24.3 Å². The fraction of sp³-hybridized carbons (Fsp3) is 0.188. The molecule has 0 aliphatic rings. The number of carboxylic acids is 1. The van der Waals surface area contributed by atoms with Gasteiger partial charge < -0.3 is 19.9 Å². The summed E-state index contributed by atoms with van der Waals surface area (Å²) in [5, 5.41) is 11.0. The monoisotopic (exact) mass is 334 g/mol. The maximum atomic E-state index is 13.2. The van der Waals surface area contributed by atoms with Gasteiger partial charge in [-0.3, -0.25) is 4.79 Å². The molecule has 2 aromatic rings. The molecular weight excluding hydrogens is 319 g/mol. The van der Waals surface area contributed by atoms with Crippen LogP contribution in [-0.4, -0.2) is 35.2 Å². The highest BCUT2D eigenvalue weighted by Gasteiger charge is 2.09. The fourth-order valence-electron chi connectivity index (χ4n) is 1.77. The molecule has 1 aromatic heterocycles. The minimum absolute atomic E-state index is 0.105. The van der Waals surface area contributed by atoms with Crippen molar-refractivity contribution in [3.63, 3.8) is 0 Å². The Balaban J connectivity index is 1.94. The zero-order valence-corrected chi connectivity index (χ0v) is 12.6. The first-order chi connectivity index (χ1) is 11.5. The molecule has 0 aliphatic heterocycles. The predicted octanol–water partition coefficient (Wildman–Crippen LogP) is 1.73. The van der Waals surface area contributed by atoms with E-state index in [0.717, 1.165) is 0 Å². The Morgan fingerprint density at radius 1 is 1.21 bits per heavy atom. The van der Waals surface area contributed by atoms with Crippen molar-refractivity contribution in [2.45, 2.75) is 6.54 Å². The average molecular weight is 334 g/mol. The summed E-state index contributed by atoms with van der Waals surface area (Å²) in [5.74, 6) is -1.55. The number of carboxylic acid groups (broad SMARTS) is 1. The van der Waals surface area contributed by atoms with Crippen LogP contribution in [0.2, 0.25) is 0 Å². The molecule has 0 atom stereocenters. The van der Waals surface area contributed by atoms with Crippen molar-refractivity contribution >= 4 is 11.9 Å². The number of pyridine rings is 1. The maximum absolute atomic E-state index is 13.2. The number of rotatable bonds is 8. The number of benzene rings is 1. The van der Waals surface area contributed by atoms with E-state index in [1.165, 1.54) is 24.4 Å². The largest absolute Gasteiger partial charge is 0.480 e. The molecule has 2 N–H and O–H groups in total. The topological polar surface area (TPSA) is 97.8 Å². The van der Waals surface area contributed by atoms with E-state index in [2.05, 4.69) is 15.0 Å². The van der Waals surface area contributed by atoms with Gasteiger partial charge in [0.25, 0.3) is 0 Å². The number of nitrogens with zero attached hydrogens (tertiary/aromatic N) is 1. The van der Waals surface area contributed by atoms with Crippen molar-refractivity contribution in [3.8, 4) is 11.6 Å². The molecule has 8 heteroatoms. The van der Waals surface area contributed by atoms with Crippen molar-refractivity contribution in [1.29, 1.82) is 0 Å². The molecule has 0 saturated heterocycles. The van der Waals surface area contributed by atoms with Gasteiger partial charge in [-0.2, -0.15) is 0 Å². The van der Waals surface area contributed by atoms with Crippen molar-refractivity contribution < 1.29 is 28.6 Å². The molecule has 0 saturated carbocycles. The van der Waals surface area contributed by atoms with Crippen LogP contribution in [0.1, 0.15) is 5.56 Å². The van der Waals surface area contributed by atoms with Crippen LogP contribution in [0.25, 0.3) is 0 Å². The van der Waals surface area contributed by atoms with Crippen molar-refractivity contribution in [2.24, 2.45) is 0 Å². The number of aromatic nitrogens is 1. The summed E-state index contributed by atoms with van der Waals surface area (Å²) in [6.07, 6.45) is 1.51. The third kappa shape index (κ3) is 5.65. The number of carbonyl (C=O) groups excluding carboxylic acids is 1. The van der Waals surface area contributed by atoms with Crippen molar-refractivity contribution in [1.82, 2.24) is 10.3 Å². The predicted molar refractivity (Wildman–Crippen MR) is 81.0 cm³/mol. The summed E-state index contributed by atoms with van der Waals surface area (Å²) in [7, 11) is 0. The molecule has 24 heavy (non-hydrogen) atoms. The number of hydrogen-bond donors (Lipinski definition) is 2. The van der Waals surface area contributed by atoms with Gasteiger partial charge in [-0.05, 0) is 18.2 Å². The Bertz CT molecular complexity index is 723. The first kappa shape index (κ1) is 17.4. The van der Waals surface area contributed by atoms with E-state index in [9.17, 15) is 14.0 Å². The first-order valence-electron chi connectivity index (χ1n) is 6.98. The third-order valence-electron chi connectivity index (χ3n) is 2.80. The molecular formula is C16H15FN2O5. The number of hydrogen-bond acceptors (Lipinski definition) is 5. The normalized spacial score (nSPS) is 10.2. The highest BCUT2D eigenvalue weighted by molar-refractivity contribution is 5.77. The molecule has 0 aliphatic carbocycles. The van der Waals surface area contributed by atoms with Gasteiger partial charge in [-0.15, -0.1) is 0 Å². The van der Waals surface area contributed by atoms with Gasteiger partial charge in [-0.25, -0.2) is 14.2 Å². The molecule has 126 valence electrons. The highest BCUT2D eigenvalue weighted by atomic mass is 19.1. The van der Waals surface area contributed by atoms with Gasteiger partial charge in [0.15, 0.2) is 0 Å². The van der Waals surface area contributed by atoms with E-state index in [4.69, 9.17) is 9.84 Å². The number of halogens is 1. The van der Waals surface area contributed by atoms with Gasteiger partial charge in [0.05, 0.1) is 0 Å². The van der Waals surface area contributed by atoms with Crippen molar-refractivity contribution in [2.75, 3.05) is 13.2 Å². The van der Waals surface area contributed by atoms with Crippen LogP contribution in [0.3, 0.4) is 0 Å². The molecule has 0 fully saturated rings.